The molecule has 1 aromatic carbocycles. The van der Waals surface area contributed by atoms with Crippen LogP contribution < -0.4 is 9.46 Å². The number of likely N-dealkylation sites (tertiary alicyclic amines) is 1. The maximum Gasteiger partial charge on any atom is 0.257 e. The van der Waals surface area contributed by atoms with Crippen molar-refractivity contribution in [3.8, 4) is 5.75 Å². The zero-order valence-corrected chi connectivity index (χ0v) is 16.6. The number of sulfonamides is 1. The van der Waals surface area contributed by atoms with E-state index in [1.165, 1.54) is 19.2 Å². The van der Waals surface area contributed by atoms with Gasteiger partial charge in [-0.15, -0.1) is 0 Å². The third kappa shape index (κ3) is 5.00. The molecule has 2 fully saturated rings. The predicted molar refractivity (Wildman–Crippen MR) is 102 cm³/mol. The molecule has 2 heterocycles. The highest BCUT2D eigenvalue weighted by Gasteiger charge is 2.25. The number of nitrogens with one attached hydrogen (secondary N) is 1. The van der Waals surface area contributed by atoms with Gasteiger partial charge in [-0.1, -0.05) is 12.8 Å². The minimum atomic E-state index is -3.72. The SMILES string of the molecule is COc1ccc(S(=O)(=O)NC[C@H]2CCCO2)cc1C(=O)N1CCCCCC1. The lowest BCUT2D eigenvalue weighted by Crippen LogP contribution is -2.33. The first-order chi connectivity index (χ1) is 13.0. The van der Waals surface area contributed by atoms with Gasteiger partial charge in [0.1, 0.15) is 5.75 Å². The molecule has 0 spiro atoms. The molecule has 0 bridgehead atoms. The van der Waals surface area contributed by atoms with Crippen molar-refractivity contribution in [2.45, 2.75) is 49.5 Å². The molecule has 0 aromatic heterocycles. The fourth-order valence-corrected chi connectivity index (χ4v) is 4.65. The zero-order valence-electron chi connectivity index (χ0n) is 15.8. The van der Waals surface area contributed by atoms with Crippen LogP contribution in [-0.2, 0) is 14.8 Å². The van der Waals surface area contributed by atoms with Gasteiger partial charge in [-0.05, 0) is 43.9 Å². The second kappa shape index (κ2) is 9.03. The maximum absolute atomic E-state index is 13.0. The normalized spacial score (nSPS) is 21.1. The quantitative estimate of drug-likeness (QED) is 0.797. The van der Waals surface area contributed by atoms with E-state index in [0.29, 0.717) is 31.0 Å². The summed E-state index contributed by atoms with van der Waals surface area (Å²) in [5.41, 5.74) is 0.291. The molecule has 1 aromatic rings. The van der Waals surface area contributed by atoms with Gasteiger partial charge in [0.25, 0.3) is 5.91 Å². The summed E-state index contributed by atoms with van der Waals surface area (Å²) in [6, 6.07) is 4.44. The summed E-state index contributed by atoms with van der Waals surface area (Å²) in [6.45, 7) is 2.29. The van der Waals surface area contributed by atoms with E-state index < -0.39 is 10.0 Å². The summed E-state index contributed by atoms with van der Waals surface area (Å²) in [5, 5.41) is 0. The number of nitrogens with zero attached hydrogens (tertiary/aromatic N) is 1. The number of rotatable bonds is 6. The highest BCUT2D eigenvalue weighted by Crippen LogP contribution is 2.25. The average molecular weight is 397 g/mol. The third-order valence-electron chi connectivity index (χ3n) is 5.13. The summed E-state index contributed by atoms with van der Waals surface area (Å²) in [5.74, 6) is 0.215. The lowest BCUT2D eigenvalue weighted by Gasteiger charge is -2.22. The smallest absolute Gasteiger partial charge is 0.257 e. The summed E-state index contributed by atoms with van der Waals surface area (Å²) < 4.78 is 38.7. The van der Waals surface area contributed by atoms with Crippen LogP contribution in [0.4, 0.5) is 0 Å². The first-order valence-corrected chi connectivity index (χ1v) is 11.1. The molecule has 0 unspecified atom stereocenters. The Hall–Kier alpha value is -1.64. The molecular formula is C19H28N2O5S. The minimum absolute atomic E-state index is 0.0690. The molecule has 0 aliphatic carbocycles. The van der Waals surface area contributed by atoms with Crippen molar-refractivity contribution in [1.29, 1.82) is 0 Å². The fraction of sp³-hybridized carbons (Fsp3) is 0.632. The molecular weight excluding hydrogens is 368 g/mol. The molecule has 0 radical (unpaired) electrons. The van der Waals surface area contributed by atoms with Gasteiger partial charge in [0.05, 0.1) is 23.7 Å². The number of benzene rings is 1. The Labute approximate surface area is 161 Å². The van der Waals surface area contributed by atoms with E-state index in [0.717, 1.165) is 38.5 Å². The number of carbonyl (C=O) groups excluding carboxylic acids is 1. The molecule has 1 amide bonds. The van der Waals surface area contributed by atoms with Gasteiger partial charge in [0.2, 0.25) is 10.0 Å². The van der Waals surface area contributed by atoms with Crippen molar-refractivity contribution in [1.82, 2.24) is 9.62 Å². The van der Waals surface area contributed by atoms with Crippen molar-refractivity contribution in [2.75, 3.05) is 33.4 Å². The number of amides is 1. The summed E-state index contributed by atoms with van der Waals surface area (Å²) in [4.78, 5) is 14.9. The van der Waals surface area contributed by atoms with E-state index in [2.05, 4.69) is 4.72 Å². The van der Waals surface area contributed by atoms with Crippen LogP contribution in [0.15, 0.2) is 23.1 Å². The van der Waals surface area contributed by atoms with Gasteiger partial charge in [-0.3, -0.25) is 4.79 Å². The van der Waals surface area contributed by atoms with Crippen LogP contribution in [0, 0.1) is 0 Å². The molecule has 0 saturated carbocycles. The van der Waals surface area contributed by atoms with Crippen LogP contribution in [0.25, 0.3) is 0 Å². The van der Waals surface area contributed by atoms with Crippen LogP contribution in [0.1, 0.15) is 48.9 Å². The van der Waals surface area contributed by atoms with Crippen molar-refractivity contribution < 1.29 is 22.7 Å². The number of hydrogen-bond donors (Lipinski definition) is 1. The fourth-order valence-electron chi connectivity index (χ4n) is 3.56. The van der Waals surface area contributed by atoms with Crippen LogP contribution in [-0.4, -0.2) is 58.7 Å². The van der Waals surface area contributed by atoms with Crippen molar-refractivity contribution in [3.05, 3.63) is 23.8 Å². The third-order valence-corrected chi connectivity index (χ3v) is 6.55. The molecule has 150 valence electrons. The maximum atomic E-state index is 13.0. The van der Waals surface area contributed by atoms with Gasteiger partial charge in [-0.25, -0.2) is 13.1 Å². The zero-order chi connectivity index (χ0) is 19.3. The highest BCUT2D eigenvalue weighted by molar-refractivity contribution is 7.89. The number of ether oxygens (including phenoxy) is 2. The Morgan fingerprint density at radius 3 is 2.59 bits per heavy atom. The van der Waals surface area contributed by atoms with Crippen molar-refractivity contribution in [2.24, 2.45) is 0 Å². The molecule has 7 nitrogen and oxygen atoms in total. The van der Waals surface area contributed by atoms with E-state index in [-0.39, 0.29) is 23.5 Å². The molecule has 3 rings (SSSR count). The van der Waals surface area contributed by atoms with E-state index >= 15 is 0 Å². The number of hydrogen-bond acceptors (Lipinski definition) is 5. The molecule has 8 heteroatoms. The van der Waals surface area contributed by atoms with Gasteiger partial charge < -0.3 is 14.4 Å². The minimum Gasteiger partial charge on any atom is -0.496 e. The number of methoxy groups -OCH3 is 1. The molecule has 1 atom stereocenters. The largest absolute Gasteiger partial charge is 0.496 e. The highest BCUT2D eigenvalue weighted by atomic mass is 32.2. The Kier molecular flexibility index (Phi) is 6.73. The standard InChI is InChI=1S/C19H28N2O5S/c1-25-18-9-8-16(27(23,24)20-14-15-7-6-12-26-15)13-17(18)19(22)21-10-4-2-3-5-11-21/h8-9,13,15,20H,2-7,10-12,14H2,1H3/t15-/m1/s1. The van der Waals surface area contributed by atoms with E-state index in [4.69, 9.17) is 9.47 Å². The van der Waals surface area contributed by atoms with Crippen LogP contribution in [0.3, 0.4) is 0 Å². The average Bonchev–Trinajstić information content (AvgIpc) is 3.06. The van der Waals surface area contributed by atoms with E-state index in [1.54, 1.807) is 11.0 Å². The molecule has 1 N–H and O–H groups in total. The van der Waals surface area contributed by atoms with E-state index in [9.17, 15) is 13.2 Å². The first kappa shape index (κ1) is 20.1. The lowest BCUT2D eigenvalue weighted by atomic mass is 10.1. The van der Waals surface area contributed by atoms with Gasteiger partial charge >= 0.3 is 0 Å². The van der Waals surface area contributed by atoms with Gasteiger partial charge in [0, 0.05) is 26.2 Å². The number of carbonyl (C=O) groups is 1. The topological polar surface area (TPSA) is 84.9 Å². The Balaban J connectivity index is 1.80. The Bertz CT molecular complexity index is 751. The second-order valence-electron chi connectivity index (χ2n) is 7.06. The Morgan fingerprint density at radius 1 is 1.22 bits per heavy atom. The van der Waals surface area contributed by atoms with E-state index in [1.807, 2.05) is 0 Å². The molecule has 2 saturated heterocycles. The predicted octanol–water partition coefficient (Wildman–Crippen LogP) is 2.17. The van der Waals surface area contributed by atoms with Crippen molar-refractivity contribution >= 4 is 15.9 Å². The summed E-state index contributed by atoms with van der Waals surface area (Å²) in [6.07, 6.45) is 5.87. The van der Waals surface area contributed by atoms with Gasteiger partial charge in [0.15, 0.2) is 0 Å². The molecule has 2 aliphatic rings. The monoisotopic (exact) mass is 396 g/mol. The summed E-state index contributed by atoms with van der Waals surface area (Å²) >= 11 is 0. The first-order valence-electron chi connectivity index (χ1n) is 9.60. The lowest BCUT2D eigenvalue weighted by molar-refractivity contribution is 0.0758. The Morgan fingerprint density at radius 2 is 1.96 bits per heavy atom. The van der Waals surface area contributed by atoms with Crippen LogP contribution in [0.5, 0.6) is 5.75 Å². The summed E-state index contributed by atoms with van der Waals surface area (Å²) in [7, 11) is -2.24. The van der Waals surface area contributed by atoms with Crippen LogP contribution in [0.2, 0.25) is 0 Å². The molecule has 27 heavy (non-hydrogen) atoms. The van der Waals surface area contributed by atoms with Crippen LogP contribution >= 0.6 is 0 Å². The second-order valence-corrected chi connectivity index (χ2v) is 8.82. The van der Waals surface area contributed by atoms with Crippen molar-refractivity contribution in [3.63, 3.8) is 0 Å². The molecule has 2 aliphatic heterocycles. The van der Waals surface area contributed by atoms with Gasteiger partial charge in [-0.2, -0.15) is 0 Å².